The molecular formula is C15H32N2. The quantitative estimate of drug-likeness (QED) is 0.722. The van der Waals surface area contributed by atoms with Gasteiger partial charge in [0, 0.05) is 0 Å². The Kier molecular flexibility index (Phi) is 6.50. The molecule has 102 valence electrons. The molecule has 1 aliphatic heterocycles. The average Bonchev–Trinajstić information content (AvgIpc) is 2.28. The molecule has 0 atom stereocenters. The van der Waals surface area contributed by atoms with Gasteiger partial charge in [0.05, 0.1) is 0 Å². The van der Waals surface area contributed by atoms with Gasteiger partial charge in [-0.1, -0.05) is 33.6 Å². The maximum Gasteiger partial charge on any atom is -0.00159 e. The molecule has 0 bridgehead atoms. The third-order valence-electron chi connectivity index (χ3n) is 4.24. The van der Waals surface area contributed by atoms with E-state index in [1.165, 1.54) is 58.2 Å². The number of likely N-dealkylation sites (tertiary alicyclic amines) is 1. The number of piperidine rings is 1. The summed E-state index contributed by atoms with van der Waals surface area (Å²) in [6.45, 7) is 12.0. The number of hydrogen-bond donors (Lipinski definition) is 1. The van der Waals surface area contributed by atoms with E-state index in [0.717, 1.165) is 12.5 Å². The fourth-order valence-corrected chi connectivity index (χ4v) is 2.86. The third kappa shape index (κ3) is 5.87. The van der Waals surface area contributed by atoms with Gasteiger partial charge >= 0.3 is 0 Å². The summed E-state index contributed by atoms with van der Waals surface area (Å²) in [4.78, 5) is 2.66. The van der Waals surface area contributed by atoms with Gasteiger partial charge in [0.2, 0.25) is 0 Å². The van der Waals surface area contributed by atoms with Gasteiger partial charge < -0.3 is 10.6 Å². The van der Waals surface area contributed by atoms with Crippen LogP contribution in [-0.4, -0.2) is 31.1 Å². The Morgan fingerprint density at radius 1 is 1.00 bits per heavy atom. The summed E-state index contributed by atoms with van der Waals surface area (Å²) in [7, 11) is 0. The second-order valence-corrected chi connectivity index (χ2v) is 6.68. The highest BCUT2D eigenvalue weighted by Crippen LogP contribution is 2.34. The second-order valence-electron chi connectivity index (χ2n) is 6.68. The third-order valence-corrected chi connectivity index (χ3v) is 4.24. The molecule has 1 rings (SSSR count). The molecule has 17 heavy (non-hydrogen) atoms. The predicted molar refractivity (Wildman–Crippen MR) is 76.1 cm³/mol. The standard InChI is InChI=1S/C15H32N2/c1-15(2,3)14-8-12-17(13-9-14)11-7-5-4-6-10-16/h14H,4-13,16H2,1-3H3. The molecule has 0 aromatic carbocycles. The first-order chi connectivity index (χ1) is 8.04. The lowest BCUT2D eigenvalue weighted by atomic mass is 9.75. The van der Waals surface area contributed by atoms with Gasteiger partial charge in [-0.25, -0.2) is 0 Å². The molecule has 0 aromatic heterocycles. The van der Waals surface area contributed by atoms with Crippen LogP contribution in [0.15, 0.2) is 0 Å². The molecule has 1 heterocycles. The number of rotatable bonds is 6. The normalized spacial score (nSPS) is 19.8. The first-order valence-corrected chi connectivity index (χ1v) is 7.46. The van der Waals surface area contributed by atoms with Gasteiger partial charge in [-0.05, 0) is 63.2 Å². The summed E-state index contributed by atoms with van der Waals surface area (Å²) in [5.74, 6) is 0.927. The molecule has 0 amide bonds. The van der Waals surface area contributed by atoms with Crippen LogP contribution in [0.25, 0.3) is 0 Å². The number of unbranched alkanes of at least 4 members (excludes halogenated alkanes) is 3. The number of nitrogens with two attached hydrogens (primary N) is 1. The minimum absolute atomic E-state index is 0.507. The van der Waals surface area contributed by atoms with Gasteiger partial charge in [-0.2, -0.15) is 0 Å². The Morgan fingerprint density at radius 2 is 1.59 bits per heavy atom. The SMILES string of the molecule is CC(C)(C)C1CCN(CCCCCCN)CC1. The van der Waals surface area contributed by atoms with Crippen molar-refractivity contribution < 1.29 is 0 Å². The van der Waals surface area contributed by atoms with Crippen molar-refractivity contribution in [2.75, 3.05) is 26.2 Å². The maximum absolute atomic E-state index is 5.50. The predicted octanol–water partition coefficient (Wildman–Crippen LogP) is 3.26. The van der Waals surface area contributed by atoms with Crippen molar-refractivity contribution >= 4 is 0 Å². The smallest absolute Gasteiger partial charge is 0.00159 e. The number of nitrogens with zero attached hydrogens (tertiary/aromatic N) is 1. The maximum atomic E-state index is 5.50. The van der Waals surface area contributed by atoms with E-state index in [4.69, 9.17) is 5.73 Å². The molecule has 0 aromatic rings. The van der Waals surface area contributed by atoms with E-state index in [0.29, 0.717) is 5.41 Å². The van der Waals surface area contributed by atoms with Crippen LogP contribution >= 0.6 is 0 Å². The fraction of sp³-hybridized carbons (Fsp3) is 1.00. The van der Waals surface area contributed by atoms with E-state index in [1.807, 2.05) is 0 Å². The van der Waals surface area contributed by atoms with Crippen LogP contribution in [-0.2, 0) is 0 Å². The first kappa shape index (κ1) is 15.0. The molecule has 2 heteroatoms. The van der Waals surface area contributed by atoms with Crippen molar-refractivity contribution in [3.63, 3.8) is 0 Å². The average molecular weight is 240 g/mol. The Morgan fingerprint density at radius 3 is 2.12 bits per heavy atom. The first-order valence-electron chi connectivity index (χ1n) is 7.46. The van der Waals surface area contributed by atoms with Crippen molar-refractivity contribution in [1.82, 2.24) is 4.90 Å². The van der Waals surface area contributed by atoms with Crippen LogP contribution in [0, 0.1) is 11.3 Å². The van der Waals surface area contributed by atoms with E-state index in [2.05, 4.69) is 25.7 Å². The zero-order valence-electron chi connectivity index (χ0n) is 12.2. The molecule has 1 saturated heterocycles. The van der Waals surface area contributed by atoms with Crippen LogP contribution in [0.4, 0.5) is 0 Å². The molecule has 2 N–H and O–H groups in total. The van der Waals surface area contributed by atoms with Crippen molar-refractivity contribution in [2.45, 2.75) is 59.3 Å². The lowest BCUT2D eigenvalue weighted by Crippen LogP contribution is -2.38. The Labute approximate surface area is 108 Å². The molecule has 2 nitrogen and oxygen atoms in total. The van der Waals surface area contributed by atoms with Crippen LogP contribution < -0.4 is 5.73 Å². The second kappa shape index (κ2) is 7.38. The summed E-state index contributed by atoms with van der Waals surface area (Å²) >= 11 is 0. The summed E-state index contributed by atoms with van der Waals surface area (Å²) < 4.78 is 0. The van der Waals surface area contributed by atoms with Crippen LogP contribution in [0.1, 0.15) is 59.3 Å². The van der Waals surface area contributed by atoms with Crippen molar-refractivity contribution in [1.29, 1.82) is 0 Å². The summed E-state index contributed by atoms with van der Waals surface area (Å²) in [6, 6.07) is 0. The zero-order chi connectivity index (χ0) is 12.7. The highest BCUT2D eigenvalue weighted by Gasteiger charge is 2.28. The van der Waals surface area contributed by atoms with Crippen LogP contribution in [0.3, 0.4) is 0 Å². The minimum atomic E-state index is 0.507. The zero-order valence-corrected chi connectivity index (χ0v) is 12.2. The van der Waals surface area contributed by atoms with Crippen LogP contribution in [0.2, 0.25) is 0 Å². The largest absolute Gasteiger partial charge is 0.330 e. The summed E-state index contributed by atoms with van der Waals surface area (Å²) in [6.07, 6.45) is 8.02. The van der Waals surface area contributed by atoms with E-state index in [-0.39, 0.29) is 0 Å². The van der Waals surface area contributed by atoms with E-state index >= 15 is 0 Å². The van der Waals surface area contributed by atoms with Gasteiger partial charge in [-0.3, -0.25) is 0 Å². The van der Waals surface area contributed by atoms with Gasteiger partial charge in [0.15, 0.2) is 0 Å². The van der Waals surface area contributed by atoms with E-state index in [1.54, 1.807) is 0 Å². The molecule has 1 fully saturated rings. The molecule has 0 unspecified atom stereocenters. The molecule has 1 aliphatic rings. The summed E-state index contributed by atoms with van der Waals surface area (Å²) in [5.41, 5.74) is 6.01. The topological polar surface area (TPSA) is 29.3 Å². The highest BCUT2D eigenvalue weighted by molar-refractivity contribution is 4.80. The molecule has 0 aliphatic carbocycles. The van der Waals surface area contributed by atoms with Gasteiger partial charge in [0.25, 0.3) is 0 Å². The Bertz CT molecular complexity index is 188. The Balaban J connectivity index is 2.07. The minimum Gasteiger partial charge on any atom is -0.330 e. The van der Waals surface area contributed by atoms with E-state index < -0.39 is 0 Å². The number of hydrogen-bond acceptors (Lipinski definition) is 2. The lowest BCUT2D eigenvalue weighted by Gasteiger charge is -2.38. The summed E-state index contributed by atoms with van der Waals surface area (Å²) in [5, 5.41) is 0. The van der Waals surface area contributed by atoms with Crippen molar-refractivity contribution in [3.8, 4) is 0 Å². The molecule has 0 spiro atoms. The van der Waals surface area contributed by atoms with Crippen molar-refractivity contribution in [3.05, 3.63) is 0 Å². The fourth-order valence-electron chi connectivity index (χ4n) is 2.86. The molecule has 0 saturated carbocycles. The Hall–Kier alpha value is -0.0800. The lowest BCUT2D eigenvalue weighted by molar-refractivity contribution is 0.111. The van der Waals surface area contributed by atoms with Gasteiger partial charge in [0.1, 0.15) is 0 Å². The van der Waals surface area contributed by atoms with Crippen LogP contribution in [0.5, 0.6) is 0 Å². The highest BCUT2D eigenvalue weighted by atomic mass is 15.1. The molecule has 0 radical (unpaired) electrons. The monoisotopic (exact) mass is 240 g/mol. The van der Waals surface area contributed by atoms with Crippen molar-refractivity contribution in [2.24, 2.45) is 17.1 Å². The molecular weight excluding hydrogens is 208 g/mol. The van der Waals surface area contributed by atoms with E-state index in [9.17, 15) is 0 Å². The van der Waals surface area contributed by atoms with Gasteiger partial charge in [-0.15, -0.1) is 0 Å².